The van der Waals surface area contributed by atoms with Crippen molar-refractivity contribution in [3.05, 3.63) is 29.3 Å². The third-order valence-corrected chi connectivity index (χ3v) is 4.70. The summed E-state index contributed by atoms with van der Waals surface area (Å²) in [6, 6.07) is 6.93. The minimum atomic E-state index is 0.303. The van der Waals surface area contributed by atoms with Crippen LogP contribution in [-0.2, 0) is 12.8 Å². The maximum atomic E-state index is 6.05. The third kappa shape index (κ3) is 5.03. The molecule has 0 spiro atoms. The Balaban J connectivity index is 1.79. The van der Waals surface area contributed by atoms with Crippen molar-refractivity contribution in [3.63, 3.8) is 0 Å². The van der Waals surface area contributed by atoms with E-state index in [2.05, 4.69) is 32.0 Å². The number of hydrogen-bond acceptors (Lipinski definition) is 2. The minimum Gasteiger partial charge on any atom is -0.494 e. The first-order valence-electron chi connectivity index (χ1n) is 8.71. The number of rotatable bonds is 8. The number of ether oxygens (including phenoxy) is 1. The van der Waals surface area contributed by atoms with Crippen molar-refractivity contribution in [2.75, 3.05) is 6.61 Å². The molecule has 1 aliphatic carbocycles. The second kappa shape index (κ2) is 8.43. The lowest BCUT2D eigenvalue weighted by molar-refractivity contribution is 0.303. The summed E-state index contributed by atoms with van der Waals surface area (Å²) in [5.41, 5.74) is 8.98. The van der Waals surface area contributed by atoms with Crippen LogP contribution in [0.25, 0.3) is 0 Å². The average molecular weight is 289 g/mol. The van der Waals surface area contributed by atoms with Crippen molar-refractivity contribution in [2.24, 2.45) is 11.7 Å². The molecule has 2 N–H and O–H groups in total. The number of nitrogens with two attached hydrogens (primary N) is 1. The van der Waals surface area contributed by atoms with Crippen molar-refractivity contribution in [2.45, 2.75) is 71.3 Å². The molecular formula is C19H31NO. The van der Waals surface area contributed by atoms with Gasteiger partial charge in [0, 0.05) is 6.04 Å². The summed E-state index contributed by atoms with van der Waals surface area (Å²) in [5.74, 6) is 1.69. The van der Waals surface area contributed by atoms with Gasteiger partial charge in [-0.1, -0.05) is 38.7 Å². The van der Waals surface area contributed by atoms with Gasteiger partial charge in [0.25, 0.3) is 0 Å². The summed E-state index contributed by atoms with van der Waals surface area (Å²) < 4.78 is 5.90. The predicted molar refractivity (Wildman–Crippen MR) is 89.9 cm³/mol. The molecule has 1 aromatic rings. The maximum Gasteiger partial charge on any atom is 0.119 e. The van der Waals surface area contributed by atoms with Crippen LogP contribution in [0.3, 0.4) is 0 Å². The highest BCUT2D eigenvalue weighted by molar-refractivity contribution is 5.37. The Morgan fingerprint density at radius 3 is 2.76 bits per heavy atom. The molecule has 0 aromatic heterocycles. The Morgan fingerprint density at radius 2 is 2.00 bits per heavy atom. The molecule has 0 bridgehead atoms. The van der Waals surface area contributed by atoms with E-state index in [1.165, 1.54) is 49.7 Å². The SMILES string of the molecule is CCCCCCCOc1ccc2c(c1)CCC([C@H](C)N)C2. The van der Waals surface area contributed by atoms with Gasteiger partial charge in [0.15, 0.2) is 0 Å². The molecule has 21 heavy (non-hydrogen) atoms. The first-order valence-corrected chi connectivity index (χ1v) is 8.71. The van der Waals surface area contributed by atoms with Gasteiger partial charge in [-0.2, -0.15) is 0 Å². The lowest BCUT2D eigenvalue weighted by atomic mass is 9.81. The topological polar surface area (TPSA) is 35.2 Å². The monoisotopic (exact) mass is 289 g/mol. The van der Waals surface area contributed by atoms with E-state index >= 15 is 0 Å². The van der Waals surface area contributed by atoms with Crippen molar-refractivity contribution in [1.29, 1.82) is 0 Å². The van der Waals surface area contributed by atoms with Gasteiger partial charge in [0.05, 0.1) is 6.61 Å². The number of benzene rings is 1. The van der Waals surface area contributed by atoms with Gasteiger partial charge in [-0.3, -0.25) is 0 Å². The van der Waals surface area contributed by atoms with E-state index in [-0.39, 0.29) is 0 Å². The molecular weight excluding hydrogens is 258 g/mol. The van der Waals surface area contributed by atoms with E-state index in [0.29, 0.717) is 12.0 Å². The average Bonchev–Trinajstić information content (AvgIpc) is 2.50. The fraction of sp³-hybridized carbons (Fsp3) is 0.684. The highest BCUT2D eigenvalue weighted by atomic mass is 16.5. The Bertz CT molecular complexity index is 428. The molecule has 118 valence electrons. The van der Waals surface area contributed by atoms with Crippen molar-refractivity contribution < 1.29 is 4.74 Å². The van der Waals surface area contributed by atoms with Crippen LogP contribution in [0, 0.1) is 5.92 Å². The second-order valence-electron chi connectivity index (χ2n) is 6.56. The van der Waals surface area contributed by atoms with E-state index < -0.39 is 0 Å². The fourth-order valence-corrected chi connectivity index (χ4v) is 3.19. The highest BCUT2D eigenvalue weighted by Gasteiger charge is 2.21. The minimum absolute atomic E-state index is 0.303. The number of hydrogen-bond donors (Lipinski definition) is 1. The zero-order valence-corrected chi connectivity index (χ0v) is 13.7. The fourth-order valence-electron chi connectivity index (χ4n) is 3.19. The van der Waals surface area contributed by atoms with Gasteiger partial charge in [-0.05, 0) is 61.8 Å². The van der Waals surface area contributed by atoms with Crippen LogP contribution >= 0.6 is 0 Å². The zero-order valence-electron chi connectivity index (χ0n) is 13.7. The largest absolute Gasteiger partial charge is 0.494 e. The summed E-state index contributed by atoms with van der Waals surface area (Å²) in [6.45, 7) is 5.23. The summed E-state index contributed by atoms with van der Waals surface area (Å²) in [6.07, 6.45) is 9.93. The number of fused-ring (bicyclic) bond motifs is 1. The van der Waals surface area contributed by atoms with E-state index in [1.54, 1.807) is 0 Å². The van der Waals surface area contributed by atoms with E-state index in [4.69, 9.17) is 10.5 Å². The third-order valence-electron chi connectivity index (χ3n) is 4.70. The van der Waals surface area contributed by atoms with Crippen LogP contribution < -0.4 is 10.5 Å². The highest BCUT2D eigenvalue weighted by Crippen LogP contribution is 2.29. The van der Waals surface area contributed by atoms with Crippen molar-refractivity contribution >= 4 is 0 Å². The molecule has 0 aliphatic heterocycles. The van der Waals surface area contributed by atoms with Crippen molar-refractivity contribution in [1.82, 2.24) is 0 Å². The normalized spacial score (nSPS) is 19.1. The summed E-state index contributed by atoms with van der Waals surface area (Å²) in [7, 11) is 0. The van der Waals surface area contributed by atoms with Crippen molar-refractivity contribution in [3.8, 4) is 5.75 Å². The molecule has 1 aromatic carbocycles. The smallest absolute Gasteiger partial charge is 0.119 e. The van der Waals surface area contributed by atoms with Crippen LogP contribution in [-0.4, -0.2) is 12.6 Å². The Hall–Kier alpha value is -1.02. The van der Waals surface area contributed by atoms with Crippen LogP contribution in [0.1, 0.15) is 63.5 Å². The standard InChI is InChI=1S/C19H31NO/c1-3-4-5-6-7-12-21-19-11-10-17-13-16(15(2)20)8-9-18(17)14-19/h10-11,14-16H,3-9,12-13,20H2,1-2H3/t15-,16?/m0/s1. The molecule has 1 unspecified atom stereocenters. The van der Waals surface area contributed by atoms with Gasteiger partial charge in [-0.25, -0.2) is 0 Å². The second-order valence-corrected chi connectivity index (χ2v) is 6.56. The Morgan fingerprint density at radius 1 is 1.19 bits per heavy atom. The lowest BCUT2D eigenvalue weighted by Gasteiger charge is -2.27. The van der Waals surface area contributed by atoms with Gasteiger partial charge < -0.3 is 10.5 Å². The molecule has 0 fully saturated rings. The van der Waals surface area contributed by atoms with Gasteiger partial charge in [0.1, 0.15) is 5.75 Å². The molecule has 1 aliphatic rings. The van der Waals surface area contributed by atoms with E-state index in [0.717, 1.165) is 25.2 Å². The number of unbranched alkanes of at least 4 members (excludes halogenated alkanes) is 4. The molecule has 0 heterocycles. The molecule has 0 saturated heterocycles. The summed E-state index contributed by atoms with van der Waals surface area (Å²) in [5, 5.41) is 0. The molecule has 2 atom stereocenters. The maximum absolute atomic E-state index is 6.05. The lowest BCUT2D eigenvalue weighted by Crippen LogP contribution is -2.31. The first-order chi connectivity index (χ1) is 10.2. The molecule has 0 amide bonds. The number of aryl methyl sites for hydroxylation is 1. The van der Waals surface area contributed by atoms with Gasteiger partial charge in [-0.15, -0.1) is 0 Å². The molecule has 2 nitrogen and oxygen atoms in total. The Labute approximate surface area is 130 Å². The van der Waals surface area contributed by atoms with Crippen LogP contribution in [0.2, 0.25) is 0 Å². The molecule has 2 heteroatoms. The van der Waals surface area contributed by atoms with Gasteiger partial charge >= 0.3 is 0 Å². The zero-order chi connectivity index (χ0) is 15.1. The predicted octanol–water partition coefficient (Wildman–Crippen LogP) is 4.49. The summed E-state index contributed by atoms with van der Waals surface area (Å²) in [4.78, 5) is 0. The first kappa shape index (κ1) is 16.4. The van der Waals surface area contributed by atoms with Crippen LogP contribution in [0.4, 0.5) is 0 Å². The molecule has 0 saturated carbocycles. The van der Waals surface area contributed by atoms with Crippen LogP contribution in [0.5, 0.6) is 5.75 Å². The molecule has 0 radical (unpaired) electrons. The van der Waals surface area contributed by atoms with E-state index in [9.17, 15) is 0 Å². The van der Waals surface area contributed by atoms with Gasteiger partial charge in [0.2, 0.25) is 0 Å². The summed E-state index contributed by atoms with van der Waals surface area (Å²) >= 11 is 0. The Kier molecular flexibility index (Phi) is 6.56. The van der Waals surface area contributed by atoms with Crippen LogP contribution in [0.15, 0.2) is 18.2 Å². The van der Waals surface area contributed by atoms with E-state index in [1.807, 2.05) is 0 Å². The quantitative estimate of drug-likeness (QED) is 0.716. The molecule has 2 rings (SSSR count).